The predicted octanol–water partition coefficient (Wildman–Crippen LogP) is 5.97. The zero-order chi connectivity index (χ0) is 75.9. The summed E-state index contributed by atoms with van der Waals surface area (Å²) in [6.07, 6.45) is 0.207. The standard InChI is InChI=1S/C73H112N10O18S/c1-14-46(8)65(59(99-12)41-62(88)83-35-19-23-56(83)66(100-13)47(9)67(89)77-55(38-48-20-16-15-17-21-48)69(91)79-102(97,98)53-28-29-53)80(10)70(92)54(43(2)3)40-58(85)64(45(6)7)81(11)73(96)101-42-49-24-26-52(27-25-49)76-68(90)51(22-18-34-75-72(74)95)39-57(84)63(44(4)5)78-60(86)30-31-61(87)82-36-32-50(33-37-82)71(93)94/h15-17,20-21,24-27,43-47,50-51,53-56,59,63-66H,14,18-19,22-23,28-42H2,1-13H3,(H,76,90)(H,77,89)(H,78,86)(H,79,91)(H,93,94)(H3,74,75,95)/t46-,47+,51+,54-,55-,56-,59+,63-,64-,65-,66+/m0/s1. The van der Waals surface area contributed by atoms with Gasteiger partial charge in [-0.3, -0.25) is 52.7 Å². The molecule has 28 nitrogen and oxygen atoms in total. The molecule has 2 aliphatic heterocycles. The number of likely N-dealkylation sites (N-methyl/N-ethyl adjacent to an activating group) is 2. The molecule has 0 aromatic heterocycles. The van der Waals surface area contributed by atoms with Gasteiger partial charge in [-0.25, -0.2) is 18.0 Å². The van der Waals surface area contributed by atoms with Gasteiger partial charge in [0.25, 0.3) is 5.91 Å². The maximum absolute atomic E-state index is 15.0. The molecule has 5 rings (SSSR count). The molecule has 1 aliphatic carbocycles. The van der Waals surface area contributed by atoms with Gasteiger partial charge in [0.05, 0.1) is 59.9 Å². The Hall–Kier alpha value is -8.05. The SMILES string of the molecule is CC[C@H](C)[C@@H]([C@@H](CC(=O)N1CCC[C@H]1[C@H](OC)[C@@H](C)C(=O)N[C@@H](Cc1ccccc1)C(=O)NS(=O)(=O)C1CC1)OC)N(C)C(=O)[C@@H](CC(=O)[C@H](C(C)C)N(C)C(=O)OCc1ccc(NC(=O)[C@H](CCCNC(N)=O)CC(=O)[C@@H](NC(=O)CCC(=O)N2CCC(C(=O)O)CC2)C(C)C)cc1)C(C)C. The molecule has 2 aromatic carbocycles. The quantitative estimate of drug-likeness (QED) is 0.0377. The second kappa shape index (κ2) is 40.1. The Morgan fingerprint density at radius 3 is 1.90 bits per heavy atom. The zero-order valence-corrected chi connectivity index (χ0v) is 62.6. The Balaban J connectivity index is 1.19. The molecule has 0 spiro atoms. The number of nitrogens with zero attached hydrogens (tertiary/aromatic N) is 4. The first-order valence-corrected chi connectivity index (χ1v) is 37.4. The summed E-state index contributed by atoms with van der Waals surface area (Å²) < 4.78 is 45.7. The molecule has 2 saturated heterocycles. The number of carboxylic acids is 1. The van der Waals surface area contributed by atoms with Gasteiger partial charge >= 0.3 is 18.1 Å². The third-order valence-electron chi connectivity index (χ3n) is 20.1. The van der Waals surface area contributed by atoms with Crippen molar-refractivity contribution >= 4 is 86.7 Å². The van der Waals surface area contributed by atoms with E-state index in [0.29, 0.717) is 68.3 Å². The van der Waals surface area contributed by atoms with Crippen LogP contribution >= 0.6 is 0 Å². The number of aliphatic carboxylic acids is 1. The molecule has 2 heterocycles. The van der Waals surface area contributed by atoms with E-state index in [1.54, 1.807) is 106 Å². The average Bonchev–Trinajstić information content (AvgIpc) is 1.50. The Kier molecular flexibility index (Phi) is 33.3. The number of nitrogens with two attached hydrogens (primary N) is 1. The molecule has 0 radical (unpaired) electrons. The first kappa shape index (κ1) is 84.6. The van der Waals surface area contributed by atoms with Crippen LogP contribution in [0.5, 0.6) is 0 Å². The average molecular weight is 1450 g/mol. The van der Waals surface area contributed by atoms with Crippen molar-refractivity contribution in [1.82, 2.24) is 40.3 Å². The monoisotopic (exact) mass is 1450 g/mol. The number of carbonyl (C=O) groups is 12. The van der Waals surface area contributed by atoms with E-state index < -0.39 is 135 Å². The van der Waals surface area contributed by atoms with Gasteiger partial charge in [0.1, 0.15) is 12.6 Å². The molecular weight excluding hydrogens is 1340 g/mol. The number of carboxylic acid groups (broad SMARTS) is 1. The molecule has 8 N–H and O–H groups in total. The van der Waals surface area contributed by atoms with Crippen molar-refractivity contribution in [3.63, 3.8) is 0 Å². The summed E-state index contributed by atoms with van der Waals surface area (Å²) in [7, 11) is 2.09. The lowest BCUT2D eigenvalue weighted by Gasteiger charge is -2.41. The third-order valence-corrected chi connectivity index (χ3v) is 21.9. The van der Waals surface area contributed by atoms with Crippen molar-refractivity contribution in [1.29, 1.82) is 0 Å². The second-order valence-electron chi connectivity index (χ2n) is 28.7. The fourth-order valence-corrected chi connectivity index (χ4v) is 15.1. The first-order chi connectivity index (χ1) is 48.1. The molecule has 29 heteroatoms. The highest BCUT2D eigenvalue weighted by Crippen LogP contribution is 2.33. The van der Waals surface area contributed by atoms with E-state index in [4.69, 9.17) is 19.9 Å². The van der Waals surface area contributed by atoms with Crippen molar-refractivity contribution < 1.29 is 85.3 Å². The topological polar surface area (TPSA) is 386 Å². The van der Waals surface area contributed by atoms with Crippen molar-refractivity contribution in [2.45, 2.75) is 213 Å². The smallest absolute Gasteiger partial charge is 0.410 e. The number of methoxy groups -OCH3 is 2. The summed E-state index contributed by atoms with van der Waals surface area (Å²) in [4.78, 5) is 168. The van der Waals surface area contributed by atoms with Gasteiger partial charge in [-0.1, -0.05) is 111 Å². The number of nitrogens with one attached hydrogen (secondary N) is 5. The molecule has 568 valence electrons. The van der Waals surface area contributed by atoms with E-state index in [1.165, 1.54) is 31.1 Å². The van der Waals surface area contributed by atoms with Gasteiger partial charge in [-0.15, -0.1) is 0 Å². The molecule has 3 fully saturated rings. The highest BCUT2D eigenvalue weighted by atomic mass is 32.2. The molecular formula is C73H112N10O18S. The molecule has 11 atom stereocenters. The lowest BCUT2D eigenvalue weighted by atomic mass is 9.83. The van der Waals surface area contributed by atoms with E-state index in [0.717, 1.165) is 0 Å². The van der Waals surface area contributed by atoms with Gasteiger partial charge in [0, 0.05) is 104 Å². The summed E-state index contributed by atoms with van der Waals surface area (Å²) in [6.45, 7) is 17.1. The Morgan fingerprint density at radius 2 is 1.34 bits per heavy atom. The summed E-state index contributed by atoms with van der Waals surface area (Å²) >= 11 is 0. The van der Waals surface area contributed by atoms with Gasteiger partial charge in [0.15, 0.2) is 11.6 Å². The van der Waals surface area contributed by atoms with Gasteiger partial charge < -0.3 is 65.9 Å². The summed E-state index contributed by atoms with van der Waals surface area (Å²) in [5.74, 6) is -9.69. The van der Waals surface area contributed by atoms with Crippen LogP contribution in [-0.2, 0) is 85.2 Å². The van der Waals surface area contributed by atoms with Gasteiger partial charge in [0.2, 0.25) is 45.5 Å². The normalized spacial score (nSPS) is 17.9. The van der Waals surface area contributed by atoms with Gasteiger partial charge in [-0.05, 0) is 98.3 Å². The Labute approximate surface area is 601 Å². The number of piperidine rings is 1. The third kappa shape index (κ3) is 24.9. The summed E-state index contributed by atoms with van der Waals surface area (Å²) in [6, 6.07) is 10.1. The Morgan fingerprint density at radius 1 is 0.696 bits per heavy atom. The van der Waals surface area contributed by atoms with Crippen LogP contribution < -0.4 is 31.7 Å². The van der Waals surface area contributed by atoms with Crippen LogP contribution in [0.3, 0.4) is 0 Å². The minimum atomic E-state index is -3.93. The van der Waals surface area contributed by atoms with Crippen LogP contribution in [0.15, 0.2) is 54.6 Å². The zero-order valence-electron chi connectivity index (χ0n) is 61.7. The van der Waals surface area contributed by atoms with Crippen LogP contribution in [-0.4, -0.2) is 206 Å². The number of hydrogen-bond acceptors (Lipinski definition) is 17. The van der Waals surface area contributed by atoms with Crippen LogP contribution in [0.2, 0.25) is 0 Å². The van der Waals surface area contributed by atoms with E-state index in [1.807, 2.05) is 27.7 Å². The lowest BCUT2D eigenvalue weighted by molar-refractivity contribution is -0.149. The predicted molar refractivity (Wildman–Crippen MR) is 381 cm³/mol. The van der Waals surface area contributed by atoms with Crippen LogP contribution in [0.4, 0.5) is 15.3 Å². The largest absolute Gasteiger partial charge is 0.481 e. The van der Waals surface area contributed by atoms with E-state index >= 15 is 0 Å². The number of benzene rings is 2. The van der Waals surface area contributed by atoms with Gasteiger partial charge in [-0.2, -0.15) is 0 Å². The minimum Gasteiger partial charge on any atom is -0.481 e. The first-order valence-electron chi connectivity index (χ1n) is 35.8. The van der Waals surface area contributed by atoms with E-state index in [2.05, 4.69) is 26.0 Å². The highest BCUT2D eigenvalue weighted by molar-refractivity contribution is 7.91. The van der Waals surface area contributed by atoms with Crippen LogP contribution in [0.25, 0.3) is 0 Å². The Bertz CT molecular complexity index is 3310. The number of hydrogen-bond donors (Lipinski definition) is 7. The fraction of sp³-hybridized carbons (Fsp3) is 0.671. The maximum atomic E-state index is 15.0. The molecule has 3 aliphatic rings. The number of amides is 10. The number of ether oxygens (including phenoxy) is 3. The number of primary amides is 1. The van der Waals surface area contributed by atoms with Crippen LogP contribution in [0.1, 0.15) is 163 Å². The number of likely N-dealkylation sites (tertiary alicyclic amines) is 2. The minimum absolute atomic E-state index is 0.0190. The lowest BCUT2D eigenvalue weighted by Crippen LogP contribution is -2.55. The second-order valence-corrected chi connectivity index (χ2v) is 30.7. The van der Waals surface area contributed by atoms with Crippen LogP contribution in [0, 0.1) is 47.3 Å². The number of anilines is 1. The molecule has 102 heavy (non-hydrogen) atoms. The van der Waals surface area contributed by atoms with E-state index in [-0.39, 0.29) is 119 Å². The summed E-state index contributed by atoms with van der Waals surface area (Å²) in [5.41, 5.74) is 6.84. The van der Waals surface area contributed by atoms with Crippen molar-refractivity contribution in [3.05, 3.63) is 65.7 Å². The number of Topliss-reactive ketones (excluding diaryl/α,β-unsaturated/α-hetero) is 2. The van der Waals surface area contributed by atoms with Crippen molar-refractivity contribution in [3.8, 4) is 0 Å². The fourth-order valence-electron chi connectivity index (χ4n) is 13.7. The number of carbonyl (C=O) groups excluding carboxylic acids is 11. The molecule has 0 bridgehead atoms. The summed E-state index contributed by atoms with van der Waals surface area (Å²) in [5, 5.41) is 19.5. The maximum Gasteiger partial charge on any atom is 0.410 e. The number of rotatable bonds is 41. The number of sulfonamides is 1. The highest BCUT2D eigenvalue weighted by Gasteiger charge is 2.45. The van der Waals surface area contributed by atoms with E-state index in [9.17, 15) is 71.1 Å². The van der Waals surface area contributed by atoms with Crippen molar-refractivity contribution in [2.75, 3.05) is 59.8 Å². The molecule has 1 saturated carbocycles. The number of urea groups is 1. The number of ketones is 2. The van der Waals surface area contributed by atoms with Crippen molar-refractivity contribution in [2.24, 2.45) is 53.1 Å². The molecule has 10 amide bonds. The molecule has 2 aromatic rings. The molecule has 0 unspecified atom stereocenters.